The zero-order valence-corrected chi connectivity index (χ0v) is 8.78. The van der Waals surface area contributed by atoms with Crippen molar-refractivity contribution in [2.75, 3.05) is 7.11 Å². The lowest BCUT2D eigenvalue weighted by molar-refractivity contribution is 0.0587. The number of carbonyl (C=O) groups is 1. The molecule has 0 radical (unpaired) electrons. The fourth-order valence-electron chi connectivity index (χ4n) is 1.05. The Morgan fingerprint density at radius 1 is 1.31 bits per heavy atom. The number of esters is 1. The second kappa shape index (κ2) is 4.05. The summed E-state index contributed by atoms with van der Waals surface area (Å²) in [4.78, 5) is 23.0. The highest BCUT2D eigenvalue weighted by molar-refractivity contribution is 5.84. The minimum atomic E-state index is -0.592. The number of ether oxygens (including phenoxy) is 1. The van der Waals surface area contributed by atoms with E-state index in [-0.39, 0.29) is 5.82 Å². The van der Waals surface area contributed by atoms with Crippen LogP contribution < -0.4 is 0 Å². The molecule has 0 aromatic carbocycles. The molecular weight excluding hydrogens is 210 g/mol. The van der Waals surface area contributed by atoms with E-state index in [4.69, 9.17) is 0 Å². The van der Waals surface area contributed by atoms with Crippen LogP contribution in [0.25, 0.3) is 5.95 Å². The van der Waals surface area contributed by atoms with Crippen molar-refractivity contribution < 1.29 is 9.53 Å². The normalized spacial score (nSPS) is 10.1. The molecule has 82 valence electrons. The first-order chi connectivity index (χ1) is 7.70. The highest BCUT2D eigenvalue weighted by atomic mass is 16.5. The van der Waals surface area contributed by atoms with Crippen LogP contribution in [-0.4, -0.2) is 37.8 Å². The zero-order valence-electron chi connectivity index (χ0n) is 8.78. The van der Waals surface area contributed by atoms with Crippen LogP contribution >= 0.6 is 0 Å². The van der Waals surface area contributed by atoms with Gasteiger partial charge in [-0.2, -0.15) is 4.68 Å². The quantitative estimate of drug-likeness (QED) is 0.669. The Bertz CT molecular complexity index is 505. The Morgan fingerprint density at radius 3 is 2.62 bits per heavy atom. The van der Waals surface area contributed by atoms with Crippen molar-refractivity contribution >= 4 is 5.97 Å². The highest BCUT2D eigenvalue weighted by Crippen LogP contribution is 2.00. The molecule has 0 unspecified atom stereocenters. The summed E-state index contributed by atoms with van der Waals surface area (Å²) in [5.41, 5.74) is 0.942. The van der Waals surface area contributed by atoms with Crippen LogP contribution in [-0.2, 0) is 4.74 Å². The lowest BCUT2D eigenvalue weighted by Gasteiger charge is -1.97. The maximum Gasteiger partial charge on any atom is 0.377 e. The van der Waals surface area contributed by atoms with Gasteiger partial charge in [0.25, 0.3) is 11.8 Å². The third-order valence-electron chi connectivity index (χ3n) is 1.83. The van der Waals surface area contributed by atoms with Crippen LogP contribution in [0.4, 0.5) is 0 Å². The van der Waals surface area contributed by atoms with Gasteiger partial charge in [0.05, 0.1) is 7.11 Å². The molecule has 7 heteroatoms. The second-order valence-corrected chi connectivity index (χ2v) is 3.06. The summed E-state index contributed by atoms with van der Waals surface area (Å²) in [5, 5.41) is 3.89. The lowest BCUT2D eigenvalue weighted by Crippen LogP contribution is -2.06. The second-order valence-electron chi connectivity index (χ2n) is 3.06. The summed E-state index contributed by atoms with van der Waals surface area (Å²) in [5.74, 6) is -0.259. The third-order valence-corrected chi connectivity index (χ3v) is 1.83. The standard InChI is InChI=1S/C9H9N5O2/c1-6-3-10-9(11-4-6)14-5-12-7(13-14)8(15)16-2/h3-5H,1-2H3. The van der Waals surface area contributed by atoms with Gasteiger partial charge in [-0.05, 0) is 12.5 Å². The molecule has 0 spiro atoms. The maximum absolute atomic E-state index is 11.1. The number of rotatable bonds is 2. The molecule has 0 N–H and O–H groups in total. The monoisotopic (exact) mass is 219 g/mol. The molecule has 0 aliphatic heterocycles. The van der Waals surface area contributed by atoms with Gasteiger partial charge in [0.2, 0.25) is 0 Å². The Hall–Kier alpha value is -2.31. The topological polar surface area (TPSA) is 82.8 Å². The fourth-order valence-corrected chi connectivity index (χ4v) is 1.05. The van der Waals surface area contributed by atoms with Crippen molar-refractivity contribution in [2.45, 2.75) is 6.92 Å². The zero-order chi connectivity index (χ0) is 11.5. The van der Waals surface area contributed by atoms with Gasteiger partial charge in [-0.3, -0.25) is 0 Å². The number of hydrogen-bond donors (Lipinski definition) is 0. The molecule has 0 bridgehead atoms. The predicted molar refractivity (Wildman–Crippen MR) is 53.0 cm³/mol. The Balaban J connectivity index is 2.31. The van der Waals surface area contributed by atoms with Crippen molar-refractivity contribution in [2.24, 2.45) is 0 Å². The largest absolute Gasteiger partial charge is 0.463 e. The van der Waals surface area contributed by atoms with Gasteiger partial charge in [0.15, 0.2) is 0 Å². The molecule has 0 amide bonds. The average Bonchev–Trinajstić information content (AvgIpc) is 2.78. The molecule has 2 aromatic heterocycles. The molecule has 2 aromatic rings. The van der Waals surface area contributed by atoms with E-state index in [1.807, 2.05) is 6.92 Å². The van der Waals surface area contributed by atoms with Crippen molar-refractivity contribution in [1.82, 2.24) is 24.7 Å². The molecule has 7 nitrogen and oxygen atoms in total. The van der Waals surface area contributed by atoms with E-state index in [1.165, 1.54) is 18.1 Å². The average molecular weight is 219 g/mol. The number of nitrogens with zero attached hydrogens (tertiary/aromatic N) is 5. The van der Waals surface area contributed by atoms with Crippen molar-refractivity contribution in [3.05, 3.63) is 30.1 Å². The number of hydrogen-bond acceptors (Lipinski definition) is 6. The van der Waals surface area contributed by atoms with Crippen LogP contribution in [0, 0.1) is 6.92 Å². The smallest absolute Gasteiger partial charge is 0.377 e. The number of aromatic nitrogens is 5. The van der Waals surface area contributed by atoms with E-state index >= 15 is 0 Å². The van der Waals surface area contributed by atoms with Gasteiger partial charge in [-0.15, -0.1) is 5.10 Å². The molecule has 0 atom stereocenters. The maximum atomic E-state index is 11.1. The molecule has 16 heavy (non-hydrogen) atoms. The predicted octanol–water partition coefficient (Wildman–Crippen LogP) is 0.152. The Kier molecular flexibility index (Phi) is 2.59. The van der Waals surface area contributed by atoms with Gasteiger partial charge >= 0.3 is 5.97 Å². The first-order valence-corrected chi connectivity index (χ1v) is 4.49. The summed E-state index contributed by atoms with van der Waals surface area (Å²) >= 11 is 0. The van der Waals surface area contributed by atoms with Gasteiger partial charge in [-0.25, -0.2) is 19.7 Å². The number of carbonyl (C=O) groups excluding carboxylic acids is 1. The molecule has 0 aliphatic rings. The molecule has 0 aliphatic carbocycles. The molecule has 0 saturated carbocycles. The van der Waals surface area contributed by atoms with E-state index in [9.17, 15) is 4.79 Å². The van der Waals surface area contributed by atoms with E-state index in [0.29, 0.717) is 5.95 Å². The fraction of sp³-hybridized carbons (Fsp3) is 0.222. The van der Waals surface area contributed by atoms with E-state index in [2.05, 4.69) is 24.8 Å². The van der Waals surface area contributed by atoms with Crippen LogP contribution in [0.2, 0.25) is 0 Å². The van der Waals surface area contributed by atoms with Crippen LogP contribution in [0.5, 0.6) is 0 Å². The SMILES string of the molecule is COC(=O)c1ncn(-c2ncc(C)cn2)n1. The summed E-state index contributed by atoms with van der Waals surface area (Å²) < 4.78 is 5.80. The van der Waals surface area contributed by atoms with E-state index in [0.717, 1.165) is 5.56 Å². The molecule has 2 heterocycles. The Labute approximate surface area is 91.1 Å². The van der Waals surface area contributed by atoms with Crippen LogP contribution in [0.1, 0.15) is 16.2 Å². The molecule has 2 rings (SSSR count). The summed E-state index contributed by atoms with van der Waals surface area (Å²) in [7, 11) is 1.27. The number of methoxy groups -OCH3 is 1. The minimum Gasteiger partial charge on any atom is -0.463 e. The van der Waals surface area contributed by atoms with Crippen molar-refractivity contribution in [3.63, 3.8) is 0 Å². The summed E-state index contributed by atoms with van der Waals surface area (Å²) in [6.45, 7) is 1.88. The molecule has 0 fully saturated rings. The van der Waals surface area contributed by atoms with Gasteiger partial charge < -0.3 is 4.74 Å². The number of aryl methyl sites for hydroxylation is 1. The van der Waals surface area contributed by atoms with Crippen molar-refractivity contribution in [1.29, 1.82) is 0 Å². The van der Waals surface area contributed by atoms with E-state index in [1.54, 1.807) is 12.4 Å². The highest BCUT2D eigenvalue weighted by Gasteiger charge is 2.12. The van der Waals surface area contributed by atoms with Crippen molar-refractivity contribution in [3.8, 4) is 5.95 Å². The van der Waals surface area contributed by atoms with Gasteiger partial charge in [-0.1, -0.05) is 0 Å². The molecule has 0 saturated heterocycles. The molecular formula is C9H9N5O2. The summed E-state index contributed by atoms with van der Waals surface area (Å²) in [6, 6.07) is 0. The minimum absolute atomic E-state index is 0.0216. The first kappa shape index (κ1) is 10.2. The van der Waals surface area contributed by atoms with Crippen LogP contribution in [0.15, 0.2) is 18.7 Å². The lowest BCUT2D eigenvalue weighted by atomic mass is 10.4. The summed E-state index contributed by atoms with van der Waals surface area (Å²) in [6.07, 6.45) is 4.67. The van der Waals surface area contributed by atoms with Gasteiger partial charge in [0.1, 0.15) is 6.33 Å². The van der Waals surface area contributed by atoms with E-state index < -0.39 is 5.97 Å². The van der Waals surface area contributed by atoms with Crippen LogP contribution in [0.3, 0.4) is 0 Å². The third kappa shape index (κ3) is 1.88. The Morgan fingerprint density at radius 2 is 2.00 bits per heavy atom. The van der Waals surface area contributed by atoms with Gasteiger partial charge in [0, 0.05) is 12.4 Å². The first-order valence-electron chi connectivity index (χ1n) is 4.49.